The number of halogens is 6. The summed E-state index contributed by atoms with van der Waals surface area (Å²) in [4.78, 5) is 50.4. The fourth-order valence-electron chi connectivity index (χ4n) is 3.38. The monoisotopic (exact) mass is 597 g/mol. The molecule has 3 rings (SSSR count). The highest BCUT2D eigenvalue weighted by atomic mass is 35.5. The first-order valence-corrected chi connectivity index (χ1v) is 12.3. The number of urea groups is 1. The Morgan fingerprint density at radius 1 is 1.10 bits per heavy atom. The van der Waals surface area contributed by atoms with Crippen molar-refractivity contribution in [3.05, 3.63) is 45.1 Å². The maximum atomic E-state index is 13.8. The van der Waals surface area contributed by atoms with E-state index < -0.39 is 66.7 Å². The number of nitrogens with zero attached hydrogens (tertiary/aromatic N) is 1. The molecule has 1 aliphatic rings. The van der Waals surface area contributed by atoms with Crippen LogP contribution in [-0.4, -0.2) is 69.1 Å². The Hall–Kier alpha value is -3.50. The van der Waals surface area contributed by atoms with Crippen LogP contribution in [0, 0.1) is 0 Å². The maximum absolute atomic E-state index is 13.8. The van der Waals surface area contributed by atoms with Crippen molar-refractivity contribution < 1.29 is 45.9 Å². The summed E-state index contributed by atoms with van der Waals surface area (Å²) < 4.78 is 71.6. The second kappa shape index (κ2) is 13.0. The van der Waals surface area contributed by atoms with Crippen molar-refractivity contribution >= 4 is 58.1 Å². The number of amides is 5. The van der Waals surface area contributed by atoms with E-state index in [1.54, 1.807) is 0 Å². The molecule has 0 radical (unpaired) electrons. The molecule has 1 saturated heterocycles. The lowest BCUT2D eigenvalue weighted by atomic mass is 10.1. The van der Waals surface area contributed by atoms with E-state index in [1.807, 2.05) is 5.32 Å². The van der Waals surface area contributed by atoms with Crippen LogP contribution in [0.15, 0.2) is 30.3 Å². The summed E-state index contributed by atoms with van der Waals surface area (Å²) in [5.74, 6) is -2.40. The Bertz CT molecular complexity index is 1230. The molecule has 39 heavy (non-hydrogen) atoms. The molecule has 10 nitrogen and oxygen atoms in total. The van der Waals surface area contributed by atoms with E-state index in [-0.39, 0.29) is 30.3 Å². The fourth-order valence-corrected chi connectivity index (χ4v) is 4.34. The predicted molar refractivity (Wildman–Crippen MR) is 131 cm³/mol. The molecule has 0 aliphatic carbocycles. The van der Waals surface area contributed by atoms with Crippen molar-refractivity contribution in [2.75, 3.05) is 43.1 Å². The van der Waals surface area contributed by atoms with Gasteiger partial charge < -0.3 is 30.9 Å². The van der Waals surface area contributed by atoms with Gasteiger partial charge in [0, 0.05) is 18.8 Å². The summed E-state index contributed by atoms with van der Waals surface area (Å²) >= 11 is 6.72. The number of thiophene rings is 1. The molecule has 0 bridgehead atoms. The second-order valence-electron chi connectivity index (χ2n) is 7.93. The molecular weight excluding hydrogens is 577 g/mol. The van der Waals surface area contributed by atoms with Gasteiger partial charge in [0.2, 0.25) is 5.91 Å². The van der Waals surface area contributed by atoms with Gasteiger partial charge in [0.05, 0.1) is 33.6 Å². The van der Waals surface area contributed by atoms with Gasteiger partial charge in [-0.1, -0.05) is 11.6 Å². The third kappa shape index (κ3) is 8.49. The number of carbonyl (C=O) groups is 4. The standard InChI is InChI=1S/C22H21ClF5N5O5S/c23-16-4-3-15(39-16)20(36)29-8-13(32-21(37)30-9-17(24)25)19(35)31-11-1-2-14(12(7-11)22(26,27)28)33-5-6-38-10-18(33)34/h1-4,7,13,17H,5-6,8-10H2,(H,29,36)(H,31,35)(H2,30,32,37)/t13-/m1/s1. The predicted octanol–water partition coefficient (Wildman–Crippen LogP) is 3.08. The van der Waals surface area contributed by atoms with Crippen LogP contribution in [0.1, 0.15) is 15.2 Å². The molecule has 1 atom stereocenters. The quantitative estimate of drug-likeness (QED) is 0.330. The average molecular weight is 598 g/mol. The number of nitrogens with one attached hydrogen (secondary N) is 4. The molecule has 5 amide bonds. The largest absolute Gasteiger partial charge is 0.418 e. The van der Waals surface area contributed by atoms with Gasteiger partial charge in [0.25, 0.3) is 18.2 Å². The van der Waals surface area contributed by atoms with E-state index >= 15 is 0 Å². The van der Waals surface area contributed by atoms with Crippen LogP contribution in [0.4, 0.5) is 38.1 Å². The van der Waals surface area contributed by atoms with Crippen LogP contribution in [0.25, 0.3) is 0 Å². The minimum absolute atomic E-state index is 0.0336. The number of hydrogen-bond donors (Lipinski definition) is 4. The zero-order chi connectivity index (χ0) is 28.7. The van der Waals surface area contributed by atoms with Gasteiger partial charge in [-0.15, -0.1) is 11.3 Å². The van der Waals surface area contributed by atoms with Gasteiger partial charge in [-0.25, -0.2) is 13.6 Å². The molecular formula is C22H21ClF5N5O5S. The molecule has 1 fully saturated rings. The normalized spacial score (nSPS) is 14.6. The van der Waals surface area contributed by atoms with Gasteiger partial charge in [-0.3, -0.25) is 14.4 Å². The van der Waals surface area contributed by atoms with Crippen LogP contribution in [0.3, 0.4) is 0 Å². The van der Waals surface area contributed by atoms with Crippen LogP contribution >= 0.6 is 22.9 Å². The number of hydrogen-bond acceptors (Lipinski definition) is 6. The van der Waals surface area contributed by atoms with E-state index in [0.717, 1.165) is 28.4 Å². The topological polar surface area (TPSA) is 129 Å². The minimum Gasteiger partial charge on any atom is -0.370 e. The Morgan fingerprint density at radius 2 is 1.85 bits per heavy atom. The number of rotatable bonds is 9. The first-order valence-electron chi connectivity index (χ1n) is 11.1. The first-order chi connectivity index (χ1) is 18.3. The molecule has 1 aliphatic heterocycles. The first kappa shape index (κ1) is 30.0. The number of ether oxygens (including phenoxy) is 1. The summed E-state index contributed by atoms with van der Waals surface area (Å²) in [6.45, 7) is -2.04. The SMILES string of the molecule is O=C(NCC(F)F)N[C@H](CNC(=O)c1ccc(Cl)s1)C(=O)Nc1ccc(N2CCOCC2=O)c(C(F)(F)F)c1. The summed E-state index contributed by atoms with van der Waals surface area (Å²) in [6, 6.07) is 2.81. The van der Waals surface area contributed by atoms with Gasteiger partial charge in [-0.2, -0.15) is 13.2 Å². The van der Waals surface area contributed by atoms with Crippen LogP contribution in [0.5, 0.6) is 0 Å². The number of anilines is 2. The van der Waals surface area contributed by atoms with Gasteiger partial charge >= 0.3 is 12.2 Å². The Balaban J connectivity index is 1.79. The zero-order valence-electron chi connectivity index (χ0n) is 19.7. The van der Waals surface area contributed by atoms with E-state index in [1.165, 1.54) is 12.1 Å². The maximum Gasteiger partial charge on any atom is 0.418 e. The van der Waals surface area contributed by atoms with E-state index in [4.69, 9.17) is 16.3 Å². The lowest BCUT2D eigenvalue weighted by Crippen LogP contribution is -2.53. The van der Waals surface area contributed by atoms with Gasteiger partial charge in [0.15, 0.2) is 0 Å². The lowest BCUT2D eigenvalue weighted by Gasteiger charge is -2.29. The van der Waals surface area contributed by atoms with Crippen LogP contribution in [-0.2, 0) is 20.5 Å². The van der Waals surface area contributed by atoms with Crippen molar-refractivity contribution in [2.24, 2.45) is 0 Å². The van der Waals surface area contributed by atoms with E-state index in [2.05, 4.69) is 16.0 Å². The highest BCUT2D eigenvalue weighted by Crippen LogP contribution is 2.38. The molecule has 0 saturated carbocycles. The molecule has 2 heterocycles. The average Bonchev–Trinajstić information content (AvgIpc) is 3.31. The lowest BCUT2D eigenvalue weighted by molar-refractivity contribution is -0.137. The summed E-state index contributed by atoms with van der Waals surface area (Å²) in [6.07, 6.45) is -7.79. The summed E-state index contributed by atoms with van der Waals surface area (Å²) in [7, 11) is 0. The van der Waals surface area contributed by atoms with E-state index in [9.17, 15) is 41.1 Å². The highest BCUT2D eigenvalue weighted by Gasteiger charge is 2.37. The van der Waals surface area contributed by atoms with Gasteiger partial charge in [0.1, 0.15) is 12.6 Å². The molecule has 1 aromatic carbocycles. The van der Waals surface area contributed by atoms with Gasteiger partial charge in [-0.05, 0) is 30.3 Å². The highest BCUT2D eigenvalue weighted by molar-refractivity contribution is 7.18. The zero-order valence-corrected chi connectivity index (χ0v) is 21.3. The fraction of sp³-hybridized carbons (Fsp3) is 0.364. The van der Waals surface area contributed by atoms with Crippen molar-refractivity contribution in [3.8, 4) is 0 Å². The van der Waals surface area contributed by atoms with Crippen molar-refractivity contribution in [2.45, 2.75) is 18.6 Å². The number of benzene rings is 1. The van der Waals surface area contributed by atoms with Crippen LogP contribution < -0.4 is 26.2 Å². The third-order valence-corrected chi connectivity index (χ3v) is 6.38. The number of carbonyl (C=O) groups excluding carboxylic acids is 4. The second-order valence-corrected chi connectivity index (χ2v) is 9.64. The third-order valence-electron chi connectivity index (χ3n) is 5.15. The van der Waals surface area contributed by atoms with Crippen LogP contribution in [0.2, 0.25) is 4.34 Å². The molecule has 2 aromatic rings. The smallest absolute Gasteiger partial charge is 0.370 e. The van der Waals surface area contributed by atoms with Crippen molar-refractivity contribution in [3.63, 3.8) is 0 Å². The molecule has 212 valence electrons. The van der Waals surface area contributed by atoms with Crippen molar-refractivity contribution in [1.82, 2.24) is 16.0 Å². The molecule has 17 heteroatoms. The molecule has 1 aromatic heterocycles. The molecule has 0 spiro atoms. The Kier molecular flexibility index (Phi) is 10.0. The van der Waals surface area contributed by atoms with Crippen molar-refractivity contribution in [1.29, 1.82) is 0 Å². The Labute approximate surface area is 226 Å². The van der Waals surface area contributed by atoms with E-state index in [0.29, 0.717) is 10.4 Å². The summed E-state index contributed by atoms with van der Waals surface area (Å²) in [5.41, 5.74) is -1.98. The Morgan fingerprint density at radius 3 is 2.46 bits per heavy atom. The number of alkyl halides is 5. The number of morpholine rings is 1. The molecule has 0 unspecified atom stereocenters. The minimum atomic E-state index is -4.91. The molecule has 4 N–H and O–H groups in total. The summed E-state index contributed by atoms with van der Waals surface area (Å²) in [5, 5.41) is 8.50.